The summed E-state index contributed by atoms with van der Waals surface area (Å²) in [5.41, 5.74) is 0. The smallest absolute Gasteiger partial charge is 0.328 e. The molecule has 110 valence electrons. The number of hydrogen-bond donors (Lipinski definition) is 1. The summed E-state index contributed by atoms with van der Waals surface area (Å²) in [6.45, 7) is 0. The summed E-state index contributed by atoms with van der Waals surface area (Å²) in [6.07, 6.45) is 2.54. The zero-order chi connectivity index (χ0) is 14.8. The summed E-state index contributed by atoms with van der Waals surface area (Å²) in [5.74, 6) is 0.537. The number of benzene rings is 1. The van der Waals surface area contributed by atoms with Crippen LogP contribution in [0.2, 0.25) is 0 Å². The van der Waals surface area contributed by atoms with E-state index in [0.717, 1.165) is 10.6 Å². The van der Waals surface area contributed by atoms with E-state index in [9.17, 15) is 9.59 Å². The second kappa shape index (κ2) is 9.72. The lowest BCUT2D eigenvalue weighted by Crippen LogP contribution is -2.42. The molecule has 0 saturated heterocycles. The average molecular weight is 313 g/mol. The fourth-order valence-electron chi connectivity index (χ4n) is 1.53. The van der Waals surface area contributed by atoms with E-state index >= 15 is 0 Å². The SMILES string of the molecule is COC(=O)[C@@H](CCSC)NC(=O)CSc1ccccc1. The second-order valence-corrected chi connectivity index (χ2v) is 6.06. The molecule has 6 heteroatoms. The van der Waals surface area contributed by atoms with Crippen LogP contribution in [0.4, 0.5) is 0 Å². The molecule has 4 nitrogen and oxygen atoms in total. The van der Waals surface area contributed by atoms with Crippen molar-refractivity contribution in [1.82, 2.24) is 5.32 Å². The van der Waals surface area contributed by atoms with Gasteiger partial charge in [-0.15, -0.1) is 11.8 Å². The predicted octanol–water partition coefficient (Wildman–Crippen LogP) is 2.19. The minimum absolute atomic E-state index is 0.157. The predicted molar refractivity (Wildman–Crippen MR) is 84.1 cm³/mol. The Hall–Kier alpha value is -1.14. The zero-order valence-electron chi connectivity index (χ0n) is 11.6. The molecule has 0 radical (unpaired) electrons. The molecule has 0 unspecified atom stereocenters. The third kappa shape index (κ3) is 6.34. The number of hydrogen-bond acceptors (Lipinski definition) is 5. The standard InChI is InChI=1S/C14H19NO3S2/c1-18-14(17)12(8-9-19-2)15-13(16)10-20-11-6-4-3-5-7-11/h3-7,12H,8-10H2,1-2H3,(H,15,16)/t12-/m1/s1. The van der Waals surface area contributed by atoms with Gasteiger partial charge in [-0.2, -0.15) is 11.8 Å². The van der Waals surface area contributed by atoms with Gasteiger partial charge in [0.05, 0.1) is 12.9 Å². The number of nitrogens with one attached hydrogen (secondary N) is 1. The molecule has 0 heterocycles. The summed E-state index contributed by atoms with van der Waals surface area (Å²) < 4.78 is 4.70. The molecule has 0 saturated carbocycles. The van der Waals surface area contributed by atoms with E-state index in [1.165, 1.54) is 18.9 Å². The van der Waals surface area contributed by atoms with Crippen molar-refractivity contribution in [2.24, 2.45) is 0 Å². The van der Waals surface area contributed by atoms with Gasteiger partial charge in [0.2, 0.25) is 5.91 Å². The van der Waals surface area contributed by atoms with Crippen molar-refractivity contribution in [3.05, 3.63) is 30.3 Å². The Bertz CT molecular complexity index is 426. The molecule has 0 bridgehead atoms. The molecule has 1 rings (SSSR count). The second-order valence-electron chi connectivity index (χ2n) is 4.03. The van der Waals surface area contributed by atoms with Crippen molar-refractivity contribution >= 4 is 35.4 Å². The first-order chi connectivity index (χ1) is 9.67. The molecule has 0 aliphatic heterocycles. The maximum atomic E-state index is 11.9. The molecule has 1 aromatic carbocycles. The molecular formula is C14H19NO3S2. The van der Waals surface area contributed by atoms with Crippen molar-refractivity contribution in [2.45, 2.75) is 17.4 Å². The van der Waals surface area contributed by atoms with E-state index in [2.05, 4.69) is 5.32 Å². The number of ether oxygens (including phenoxy) is 1. The molecule has 1 N–H and O–H groups in total. The van der Waals surface area contributed by atoms with Gasteiger partial charge in [-0.1, -0.05) is 18.2 Å². The van der Waals surface area contributed by atoms with Crippen molar-refractivity contribution in [1.29, 1.82) is 0 Å². The average Bonchev–Trinajstić information content (AvgIpc) is 2.49. The lowest BCUT2D eigenvalue weighted by atomic mass is 10.2. The van der Waals surface area contributed by atoms with Crippen LogP contribution in [-0.4, -0.2) is 42.8 Å². The first kappa shape index (κ1) is 16.9. The van der Waals surface area contributed by atoms with Crippen molar-refractivity contribution in [3.63, 3.8) is 0 Å². The monoisotopic (exact) mass is 313 g/mol. The Balaban J connectivity index is 2.43. The van der Waals surface area contributed by atoms with E-state index in [0.29, 0.717) is 6.42 Å². The Morgan fingerprint density at radius 3 is 2.60 bits per heavy atom. The zero-order valence-corrected chi connectivity index (χ0v) is 13.3. The summed E-state index contributed by atoms with van der Waals surface area (Å²) in [7, 11) is 1.33. The summed E-state index contributed by atoms with van der Waals surface area (Å²) >= 11 is 3.08. The number of rotatable bonds is 8. The van der Waals surface area contributed by atoms with Crippen LogP contribution in [0, 0.1) is 0 Å². The molecule has 0 aliphatic rings. The van der Waals surface area contributed by atoms with Gasteiger partial charge in [0.15, 0.2) is 0 Å². The van der Waals surface area contributed by atoms with Gasteiger partial charge in [-0.05, 0) is 30.6 Å². The Labute approximate surface area is 128 Å². The highest BCUT2D eigenvalue weighted by Crippen LogP contribution is 2.16. The normalized spacial score (nSPS) is 11.7. The molecule has 0 aromatic heterocycles. The molecule has 0 fully saturated rings. The third-order valence-corrected chi connectivity index (χ3v) is 4.20. The van der Waals surface area contributed by atoms with Crippen LogP contribution < -0.4 is 5.32 Å². The first-order valence-electron chi connectivity index (χ1n) is 6.21. The minimum Gasteiger partial charge on any atom is -0.467 e. The van der Waals surface area contributed by atoms with Gasteiger partial charge >= 0.3 is 5.97 Å². The van der Waals surface area contributed by atoms with E-state index in [1.807, 2.05) is 36.6 Å². The highest BCUT2D eigenvalue weighted by molar-refractivity contribution is 8.00. The van der Waals surface area contributed by atoms with Crippen molar-refractivity contribution in [3.8, 4) is 0 Å². The van der Waals surface area contributed by atoms with E-state index in [1.54, 1.807) is 11.8 Å². The summed E-state index contributed by atoms with van der Waals surface area (Å²) in [4.78, 5) is 24.5. The number of amides is 1. The van der Waals surface area contributed by atoms with Crippen molar-refractivity contribution in [2.75, 3.05) is 24.9 Å². The van der Waals surface area contributed by atoms with Crippen LogP contribution in [0.5, 0.6) is 0 Å². The van der Waals surface area contributed by atoms with Crippen LogP contribution in [0.15, 0.2) is 35.2 Å². The molecular weight excluding hydrogens is 294 g/mol. The molecule has 20 heavy (non-hydrogen) atoms. The Morgan fingerprint density at radius 1 is 1.30 bits per heavy atom. The molecule has 1 amide bonds. The van der Waals surface area contributed by atoms with Gasteiger partial charge in [0.1, 0.15) is 6.04 Å². The van der Waals surface area contributed by atoms with E-state index < -0.39 is 12.0 Å². The topological polar surface area (TPSA) is 55.4 Å². The Morgan fingerprint density at radius 2 is 2.00 bits per heavy atom. The van der Waals surface area contributed by atoms with Crippen molar-refractivity contribution < 1.29 is 14.3 Å². The van der Waals surface area contributed by atoms with Crippen LogP contribution in [0.3, 0.4) is 0 Å². The highest BCUT2D eigenvalue weighted by atomic mass is 32.2. The van der Waals surface area contributed by atoms with Crippen LogP contribution >= 0.6 is 23.5 Å². The third-order valence-electron chi connectivity index (χ3n) is 2.54. The minimum atomic E-state index is -0.559. The van der Waals surface area contributed by atoms with Gasteiger partial charge in [-0.3, -0.25) is 4.79 Å². The molecule has 1 aromatic rings. The Kier molecular flexibility index (Phi) is 8.22. The molecule has 1 atom stereocenters. The highest BCUT2D eigenvalue weighted by Gasteiger charge is 2.20. The molecule has 0 spiro atoms. The number of carbonyl (C=O) groups is 2. The maximum absolute atomic E-state index is 11.9. The maximum Gasteiger partial charge on any atom is 0.328 e. The summed E-state index contributed by atoms with van der Waals surface area (Å²) in [5, 5.41) is 2.73. The van der Waals surface area contributed by atoms with Gasteiger partial charge in [0, 0.05) is 4.90 Å². The first-order valence-corrected chi connectivity index (χ1v) is 8.59. The number of esters is 1. The quantitative estimate of drug-likeness (QED) is 0.589. The summed E-state index contributed by atoms with van der Waals surface area (Å²) in [6, 6.07) is 9.12. The number of carbonyl (C=O) groups excluding carboxylic acids is 2. The number of methoxy groups -OCH3 is 1. The molecule has 0 aliphatic carbocycles. The number of thioether (sulfide) groups is 2. The van der Waals surface area contributed by atoms with Gasteiger partial charge in [-0.25, -0.2) is 4.79 Å². The van der Waals surface area contributed by atoms with Gasteiger partial charge < -0.3 is 10.1 Å². The van der Waals surface area contributed by atoms with Crippen LogP contribution in [-0.2, 0) is 14.3 Å². The van der Waals surface area contributed by atoms with Gasteiger partial charge in [0.25, 0.3) is 0 Å². The lowest BCUT2D eigenvalue weighted by Gasteiger charge is -2.15. The fourth-order valence-corrected chi connectivity index (χ4v) is 2.73. The van der Waals surface area contributed by atoms with Crippen LogP contribution in [0.25, 0.3) is 0 Å². The van der Waals surface area contributed by atoms with E-state index in [4.69, 9.17) is 4.74 Å². The van der Waals surface area contributed by atoms with E-state index in [-0.39, 0.29) is 11.7 Å². The fraction of sp³-hybridized carbons (Fsp3) is 0.429. The largest absolute Gasteiger partial charge is 0.467 e. The van der Waals surface area contributed by atoms with Crippen LogP contribution in [0.1, 0.15) is 6.42 Å². The lowest BCUT2D eigenvalue weighted by molar-refractivity contribution is -0.144.